The summed E-state index contributed by atoms with van der Waals surface area (Å²) in [6, 6.07) is 2.16. The van der Waals surface area contributed by atoms with Gasteiger partial charge in [0.25, 0.3) is 0 Å². The van der Waals surface area contributed by atoms with Gasteiger partial charge < -0.3 is 19.2 Å². The molecule has 148 valence electrons. The van der Waals surface area contributed by atoms with Crippen LogP contribution in [0.3, 0.4) is 0 Å². The molecule has 0 unspecified atom stereocenters. The summed E-state index contributed by atoms with van der Waals surface area (Å²) in [6.45, 7) is 9.74. The van der Waals surface area contributed by atoms with E-state index in [1.165, 1.54) is 0 Å². The summed E-state index contributed by atoms with van der Waals surface area (Å²) >= 11 is 0. The zero-order valence-corrected chi connectivity index (χ0v) is 16.7. The maximum atomic E-state index is 5.74. The molecule has 0 radical (unpaired) electrons. The summed E-state index contributed by atoms with van der Waals surface area (Å²) in [5, 5.41) is 3.39. The molecule has 0 aliphatic heterocycles. The SMILES string of the molecule is C=CCCOCc1nc(-c2cc([C@@H](C)NCC)ncc2OC)cn2ccnc12. The highest BCUT2D eigenvalue weighted by Crippen LogP contribution is 2.30. The van der Waals surface area contributed by atoms with Crippen molar-refractivity contribution >= 4 is 5.65 Å². The second kappa shape index (κ2) is 9.43. The van der Waals surface area contributed by atoms with E-state index in [1.807, 2.05) is 28.9 Å². The second-order valence-electron chi connectivity index (χ2n) is 6.45. The molecule has 0 aromatic carbocycles. The van der Waals surface area contributed by atoms with E-state index in [4.69, 9.17) is 14.5 Å². The quantitative estimate of drug-likeness (QED) is 0.428. The van der Waals surface area contributed by atoms with Gasteiger partial charge in [0.15, 0.2) is 5.65 Å². The van der Waals surface area contributed by atoms with Crippen molar-refractivity contribution in [3.8, 4) is 17.0 Å². The van der Waals surface area contributed by atoms with E-state index in [9.17, 15) is 0 Å². The van der Waals surface area contributed by atoms with Crippen LogP contribution in [0, 0.1) is 0 Å². The van der Waals surface area contributed by atoms with Crippen molar-refractivity contribution in [1.29, 1.82) is 0 Å². The fraction of sp³-hybridized carbons (Fsp3) is 0.381. The number of methoxy groups -OCH3 is 1. The Hall–Kier alpha value is -2.77. The third-order valence-corrected chi connectivity index (χ3v) is 4.49. The molecule has 1 N–H and O–H groups in total. The zero-order valence-electron chi connectivity index (χ0n) is 16.7. The van der Waals surface area contributed by atoms with Gasteiger partial charge >= 0.3 is 0 Å². The molecule has 3 heterocycles. The first-order valence-electron chi connectivity index (χ1n) is 9.46. The van der Waals surface area contributed by atoms with Crippen LogP contribution in [0.5, 0.6) is 5.75 Å². The van der Waals surface area contributed by atoms with Gasteiger partial charge in [0.2, 0.25) is 0 Å². The molecule has 0 amide bonds. The summed E-state index contributed by atoms with van der Waals surface area (Å²) in [4.78, 5) is 13.8. The highest BCUT2D eigenvalue weighted by molar-refractivity contribution is 5.68. The van der Waals surface area contributed by atoms with Crippen LogP contribution in [0.2, 0.25) is 0 Å². The van der Waals surface area contributed by atoms with E-state index in [2.05, 4.69) is 35.7 Å². The molecule has 1 atom stereocenters. The van der Waals surface area contributed by atoms with E-state index in [0.29, 0.717) is 19.0 Å². The van der Waals surface area contributed by atoms with Gasteiger partial charge in [-0.15, -0.1) is 6.58 Å². The summed E-state index contributed by atoms with van der Waals surface area (Å²) < 4.78 is 13.2. The number of nitrogens with zero attached hydrogens (tertiary/aromatic N) is 4. The Morgan fingerprint density at radius 3 is 2.96 bits per heavy atom. The number of aromatic nitrogens is 4. The van der Waals surface area contributed by atoms with Crippen LogP contribution in [0.4, 0.5) is 0 Å². The Morgan fingerprint density at radius 1 is 1.36 bits per heavy atom. The molecular formula is C21H27N5O2. The molecular weight excluding hydrogens is 354 g/mol. The monoisotopic (exact) mass is 381 g/mol. The molecule has 0 aliphatic rings. The number of hydrogen-bond acceptors (Lipinski definition) is 6. The predicted octanol–water partition coefficient (Wildman–Crippen LogP) is 3.56. The Labute approximate surface area is 165 Å². The largest absolute Gasteiger partial charge is 0.494 e. The molecule has 7 heteroatoms. The number of fused-ring (bicyclic) bond motifs is 1. The molecule has 28 heavy (non-hydrogen) atoms. The number of nitrogens with one attached hydrogen (secondary N) is 1. The molecule has 0 saturated heterocycles. The standard InChI is InChI=1S/C21H27N5O2/c1-5-7-10-28-14-19-21-23-8-9-26(21)13-18(25-19)16-11-17(15(3)22-6-2)24-12-20(16)27-4/h5,8-9,11-13,15,22H,1,6-7,10,14H2,2-4H3/t15-/m1/s1. The van der Waals surface area contributed by atoms with Gasteiger partial charge in [-0.05, 0) is 26.0 Å². The molecule has 3 rings (SSSR count). The fourth-order valence-electron chi connectivity index (χ4n) is 3.03. The molecule has 0 fully saturated rings. The summed E-state index contributed by atoms with van der Waals surface area (Å²) in [5.74, 6) is 0.679. The summed E-state index contributed by atoms with van der Waals surface area (Å²) in [7, 11) is 1.64. The van der Waals surface area contributed by atoms with Gasteiger partial charge in [0, 0.05) is 30.2 Å². The average Bonchev–Trinajstić information content (AvgIpc) is 3.19. The van der Waals surface area contributed by atoms with Crippen molar-refractivity contribution < 1.29 is 9.47 Å². The first-order chi connectivity index (χ1) is 13.7. The average molecular weight is 381 g/mol. The Kier molecular flexibility index (Phi) is 6.73. The van der Waals surface area contributed by atoms with Crippen LogP contribution in [-0.2, 0) is 11.3 Å². The van der Waals surface area contributed by atoms with Crippen molar-refractivity contribution in [2.24, 2.45) is 0 Å². The van der Waals surface area contributed by atoms with E-state index >= 15 is 0 Å². The number of pyridine rings is 1. The van der Waals surface area contributed by atoms with E-state index < -0.39 is 0 Å². The molecule has 3 aromatic heterocycles. The lowest BCUT2D eigenvalue weighted by Gasteiger charge is -2.15. The third kappa shape index (κ3) is 4.37. The van der Waals surface area contributed by atoms with Crippen LogP contribution >= 0.6 is 0 Å². The van der Waals surface area contributed by atoms with Gasteiger partial charge in [-0.2, -0.15) is 0 Å². The topological polar surface area (TPSA) is 73.6 Å². The molecule has 0 spiro atoms. The predicted molar refractivity (Wildman–Crippen MR) is 109 cm³/mol. The lowest BCUT2D eigenvalue weighted by molar-refractivity contribution is 0.123. The van der Waals surface area contributed by atoms with Gasteiger partial charge in [0.05, 0.1) is 37.9 Å². The minimum absolute atomic E-state index is 0.133. The normalized spacial score (nSPS) is 12.2. The zero-order chi connectivity index (χ0) is 19.9. The number of imidazole rings is 1. The van der Waals surface area contributed by atoms with E-state index in [-0.39, 0.29) is 6.04 Å². The van der Waals surface area contributed by atoms with Crippen molar-refractivity contribution in [3.05, 3.63) is 54.9 Å². The third-order valence-electron chi connectivity index (χ3n) is 4.49. The van der Waals surface area contributed by atoms with Crippen molar-refractivity contribution in [2.45, 2.75) is 32.9 Å². The minimum atomic E-state index is 0.133. The molecule has 0 saturated carbocycles. The maximum absolute atomic E-state index is 5.74. The summed E-state index contributed by atoms with van der Waals surface area (Å²) in [6.07, 6.45) is 10.0. The lowest BCUT2D eigenvalue weighted by Crippen LogP contribution is -2.18. The van der Waals surface area contributed by atoms with Crippen LogP contribution in [0.25, 0.3) is 16.9 Å². The van der Waals surface area contributed by atoms with E-state index in [0.717, 1.165) is 41.3 Å². The van der Waals surface area contributed by atoms with Gasteiger partial charge in [0.1, 0.15) is 11.4 Å². The van der Waals surface area contributed by atoms with Gasteiger partial charge in [-0.1, -0.05) is 13.0 Å². The minimum Gasteiger partial charge on any atom is -0.494 e. The fourth-order valence-corrected chi connectivity index (χ4v) is 3.03. The Balaban J connectivity index is 2.02. The lowest BCUT2D eigenvalue weighted by atomic mass is 10.1. The number of ether oxygens (including phenoxy) is 2. The van der Waals surface area contributed by atoms with Crippen LogP contribution in [0.1, 0.15) is 37.7 Å². The van der Waals surface area contributed by atoms with Crippen molar-refractivity contribution in [2.75, 3.05) is 20.3 Å². The molecule has 0 bridgehead atoms. The van der Waals surface area contributed by atoms with Crippen LogP contribution in [-0.4, -0.2) is 39.6 Å². The van der Waals surface area contributed by atoms with Crippen LogP contribution < -0.4 is 10.1 Å². The van der Waals surface area contributed by atoms with Crippen molar-refractivity contribution in [3.63, 3.8) is 0 Å². The number of hydrogen-bond donors (Lipinski definition) is 1. The first-order valence-corrected chi connectivity index (χ1v) is 9.46. The smallest absolute Gasteiger partial charge is 0.161 e. The molecule has 7 nitrogen and oxygen atoms in total. The highest BCUT2D eigenvalue weighted by atomic mass is 16.5. The molecule has 0 aliphatic carbocycles. The van der Waals surface area contributed by atoms with Gasteiger partial charge in [-0.3, -0.25) is 4.98 Å². The van der Waals surface area contributed by atoms with Crippen molar-refractivity contribution in [1.82, 2.24) is 24.7 Å². The van der Waals surface area contributed by atoms with Gasteiger partial charge in [-0.25, -0.2) is 9.97 Å². The Bertz CT molecular complexity index is 938. The number of rotatable bonds is 10. The van der Waals surface area contributed by atoms with E-state index in [1.54, 1.807) is 19.5 Å². The second-order valence-corrected chi connectivity index (χ2v) is 6.45. The Morgan fingerprint density at radius 2 is 2.21 bits per heavy atom. The summed E-state index contributed by atoms with van der Waals surface area (Å²) in [5.41, 5.74) is 4.19. The molecule has 3 aromatic rings. The highest BCUT2D eigenvalue weighted by Gasteiger charge is 2.16. The first kappa shape index (κ1) is 20.0. The maximum Gasteiger partial charge on any atom is 0.161 e. The van der Waals surface area contributed by atoms with Crippen LogP contribution in [0.15, 0.2) is 43.5 Å².